The highest BCUT2D eigenvalue weighted by molar-refractivity contribution is 8.25. The summed E-state index contributed by atoms with van der Waals surface area (Å²) in [7, 11) is 0. The third-order valence-corrected chi connectivity index (χ3v) is 5.65. The van der Waals surface area contributed by atoms with Crippen LogP contribution in [0.4, 0.5) is 10.1 Å². The Morgan fingerprint density at radius 1 is 1.57 bits per heavy atom. The van der Waals surface area contributed by atoms with Crippen LogP contribution in [-0.2, 0) is 0 Å². The van der Waals surface area contributed by atoms with Gasteiger partial charge in [0.15, 0.2) is 5.70 Å². The van der Waals surface area contributed by atoms with E-state index in [1.54, 1.807) is 0 Å². The number of pyridine rings is 1. The van der Waals surface area contributed by atoms with E-state index >= 15 is 0 Å². The van der Waals surface area contributed by atoms with E-state index in [-0.39, 0.29) is 5.25 Å². The van der Waals surface area contributed by atoms with Crippen LogP contribution in [0, 0.1) is 17.1 Å². The molecule has 1 fully saturated rings. The summed E-state index contributed by atoms with van der Waals surface area (Å²) >= 11 is 2.89. The van der Waals surface area contributed by atoms with Crippen molar-refractivity contribution in [1.29, 1.82) is 5.26 Å². The summed E-state index contributed by atoms with van der Waals surface area (Å²) in [6.07, 6.45) is 4.26. The molecule has 1 atom stereocenters. The van der Waals surface area contributed by atoms with Crippen molar-refractivity contribution in [3.05, 3.63) is 40.7 Å². The molecule has 0 amide bonds. The molecule has 106 valence electrons. The van der Waals surface area contributed by atoms with Gasteiger partial charge in [-0.2, -0.15) is 10.4 Å². The summed E-state index contributed by atoms with van der Waals surface area (Å²) in [5.74, 6) is 0.210. The van der Waals surface area contributed by atoms with Gasteiger partial charge in [0, 0.05) is 11.8 Å². The van der Waals surface area contributed by atoms with E-state index in [4.69, 9.17) is 5.73 Å². The molecular weight excluding hydrogens is 311 g/mol. The van der Waals surface area contributed by atoms with Crippen LogP contribution in [0.15, 0.2) is 29.2 Å². The molecule has 3 rings (SSSR count). The van der Waals surface area contributed by atoms with Crippen molar-refractivity contribution in [1.82, 2.24) is 19.7 Å². The molecule has 0 aliphatic carbocycles. The van der Waals surface area contributed by atoms with E-state index in [1.165, 1.54) is 53.1 Å². The minimum Gasteiger partial charge on any atom is -0.397 e. The molecule has 0 spiro atoms. The second-order valence-electron chi connectivity index (χ2n) is 4.14. The number of allylic oxidation sites excluding steroid dienone is 1. The zero-order valence-corrected chi connectivity index (χ0v) is 12.2. The first kappa shape index (κ1) is 13.9. The number of halogens is 1. The predicted molar refractivity (Wildman–Crippen MR) is 80.2 cm³/mol. The third-order valence-electron chi connectivity index (χ3n) is 2.76. The zero-order valence-electron chi connectivity index (χ0n) is 10.6. The number of anilines is 1. The third kappa shape index (κ3) is 2.72. The molecule has 2 aromatic rings. The first-order chi connectivity index (χ1) is 10.2. The molecule has 1 unspecified atom stereocenters. The Bertz CT molecular complexity index is 737. The molecule has 21 heavy (non-hydrogen) atoms. The number of nitrogens with two attached hydrogens (primary N) is 1. The van der Waals surface area contributed by atoms with Crippen molar-refractivity contribution in [3.8, 4) is 6.07 Å². The number of aromatic nitrogens is 4. The van der Waals surface area contributed by atoms with Crippen molar-refractivity contribution < 1.29 is 4.39 Å². The van der Waals surface area contributed by atoms with Crippen LogP contribution in [0.2, 0.25) is 0 Å². The zero-order chi connectivity index (χ0) is 14.8. The fraction of sp³-hybridized carbons (Fsp3) is 0.167. The number of hydrogen-bond donors (Lipinski definition) is 1. The number of rotatable bonds is 2. The normalized spacial score (nSPS) is 20.3. The first-order valence-corrected chi connectivity index (χ1v) is 7.75. The minimum absolute atomic E-state index is 0.155. The van der Waals surface area contributed by atoms with Crippen LogP contribution < -0.4 is 5.73 Å². The maximum atomic E-state index is 13.9. The number of nitrogens with zero attached hydrogens (tertiary/aromatic N) is 5. The van der Waals surface area contributed by atoms with Crippen molar-refractivity contribution in [2.24, 2.45) is 0 Å². The SMILES string of the molecule is N#C/C(=C1/SCC(c2ncc(N)cc2F)S1)n1cncn1. The Balaban J connectivity index is 1.90. The molecule has 0 saturated carbocycles. The van der Waals surface area contributed by atoms with Crippen LogP contribution >= 0.6 is 23.5 Å². The fourth-order valence-corrected chi connectivity index (χ4v) is 4.65. The van der Waals surface area contributed by atoms with Crippen molar-refractivity contribution >= 4 is 34.9 Å². The van der Waals surface area contributed by atoms with Crippen LogP contribution in [0.1, 0.15) is 10.9 Å². The van der Waals surface area contributed by atoms with Gasteiger partial charge in [-0.15, -0.1) is 23.5 Å². The van der Waals surface area contributed by atoms with Crippen molar-refractivity contribution in [2.75, 3.05) is 11.5 Å². The Morgan fingerprint density at radius 2 is 2.43 bits per heavy atom. The average molecular weight is 320 g/mol. The van der Waals surface area contributed by atoms with Gasteiger partial charge in [0.25, 0.3) is 0 Å². The lowest BCUT2D eigenvalue weighted by Crippen LogP contribution is -2.01. The molecule has 6 nitrogen and oxygen atoms in total. The number of nitriles is 1. The molecular formula is C12H9FN6S2. The Labute approximate surface area is 128 Å². The van der Waals surface area contributed by atoms with Crippen LogP contribution in [-0.4, -0.2) is 25.5 Å². The molecule has 1 aliphatic heterocycles. The van der Waals surface area contributed by atoms with Gasteiger partial charge in [0.2, 0.25) is 0 Å². The largest absolute Gasteiger partial charge is 0.397 e. The van der Waals surface area contributed by atoms with Gasteiger partial charge >= 0.3 is 0 Å². The maximum Gasteiger partial charge on any atom is 0.163 e. The fourth-order valence-electron chi connectivity index (χ4n) is 1.82. The van der Waals surface area contributed by atoms with Gasteiger partial charge in [0.1, 0.15) is 24.5 Å². The van der Waals surface area contributed by atoms with Gasteiger partial charge < -0.3 is 5.73 Å². The lowest BCUT2D eigenvalue weighted by atomic mass is 10.2. The van der Waals surface area contributed by atoms with Crippen LogP contribution in [0.3, 0.4) is 0 Å². The Hall–Kier alpha value is -2.05. The van der Waals surface area contributed by atoms with Crippen LogP contribution in [0.5, 0.6) is 0 Å². The molecule has 0 radical (unpaired) electrons. The molecule has 0 aromatic carbocycles. The van der Waals surface area contributed by atoms with Crippen LogP contribution in [0.25, 0.3) is 5.70 Å². The molecule has 0 bridgehead atoms. The van der Waals surface area contributed by atoms with Crippen molar-refractivity contribution in [3.63, 3.8) is 0 Å². The van der Waals surface area contributed by atoms with E-state index in [2.05, 4.69) is 21.1 Å². The second-order valence-corrected chi connectivity index (χ2v) is 6.64. The number of hydrogen-bond acceptors (Lipinski definition) is 7. The molecule has 2 N–H and O–H groups in total. The van der Waals surface area contributed by atoms with Gasteiger partial charge in [0.05, 0.1) is 27.1 Å². The number of thioether (sulfide) groups is 2. The summed E-state index contributed by atoms with van der Waals surface area (Å²) in [5, 5.41) is 13.1. The summed E-state index contributed by atoms with van der Waals surface area (Å²) in [6.45, 7) is 0. The number of nitrogen functional groups attached to an aromatic ring is 1. The molecule has 3 heterocycles. The van der Waals surface area contributed by atoms with Crippen molar-refractivity contribution in [2.45, 2.75) is 5.25 Å². The quantitative estimate of drug-likeness (QED) is 0.848. The highest BCUT2D eigenvalue weighted by atomic mass is 32.2. The Morgan fingerprint density at radius 3 is 3.10 bits per heavy atom. The predicted octanol–water partition coefficient (Wildman–Crippen LogP) is 2.27. The topological polar surface area (TPSA) is 93.4 Å². The summed E-state index contributed by atoms with van der Waals surface area (Å²) < 4.78 is 16.1. The summed E-state index contributed by atoms with van der Waals surface area (Å²) in [6, 6.07) is 3.37. The van der Waals surface area contributed by atoms with Gasteiger partial charge in [-0.05, 0) is 0 Å². The van der Waals surface area contributed by atoms with E-state index in [9.17, 15) is 9.65 Å². The van der Waals surface area contributed by atoms with E-state index in [1.807, 2.05) is 0 Å². The molecule has 2 aromatic heterocycles. The molecule has 9 heteroatoms. The highest BCUT2D eigenvalue weighted by Gasteiger charge is 2.29. The summed E-state index contributed by atoms with van der Waals surface area (Å²) in [5.41, 5.74) is 6.54. The molecule has 1 saturated heterocycles. The minimum atomic E-state index is -0.423. The van der Waals surface area contributed by atoms with Gasteiger partial charge in [-0.1, -0.05) is 0 Å². The second kappa shape index (κ2) is 5.75. The first-order valence-electron chi connectivity index (χ1n) is 5.89. The molecule has 1 aliphatic rings. The Kier molecular flexibility index (Phi) is 3.81. The van der Waals surface area contributed by atoms with Gasteiger partial charge in [-0.25, -0.2) is 14.1 Å². The average Bonchev–Trinajstić information content (AvgIpc) is 3.12. The maximum absolute atomic E-state index is 13.9. The highest BCUT2D eigenvalue weighted by Crippen LogP contribution is 2.51. The van der Waals surface area contributed by atoms with Gasteiger partial charge in [-0.3, -0.25) is 4.98 Å². The van der Waals surface area contributed by atoms with E-state index < -0.39 is 5.82 Å². The monoisotopic (exact) mass is 320 g/mol. The summed E-state index contributed by atoms with van der Waals surface area (Å²) in [4.78, 5) is 7.89. The smallest absolute Gasteiger partial charge is 0.163 e. The lowest BCUT2D eigenvalue weighted by molar-refractivity contribution is 0.602. The lowest BCUT2D eigenvalue weighted by Gasteiger charge is -2.08. The standard InChI is InChI=1S/C12H9FN6S2/c13-8-1-7(15)3-17-11(8)10-4-20-12(21-10)9(2-14)19-6-16-5-18-19/h1,3,5-6,10H,4,15H2/b12-9+. The van der Waals surface area contributed by atoms with E-state index in [0.29, 0.717) is 22.8 Å². The van der Waals surface area contributed by atoms with E-state index in [0.717, 1.165) is 4.24 Å².